The van der Waals surface area contributed by atoms with Crippen molar-refractivity contribution in [2.75, 3.05) is 24.7 Å². The number of sulfone groups is 1. The highest BCUT2D eigenvalue weighted by Crippen LogP contribution is 2.49. The van der Waals surface area contributed by atoms with Crippen LogP contribution in [-0.4, -0.2) is 39.1 Å². The lowest BCUT2D eigenvalue weighted by Gasteiger charge is -2.23. The summed E-state index contributed by atoms with van der Waals surface area (Å²) in [5, 5.41) is 0. The first-order chi connectivity index (χ1) is 20.6. The second-order valence-electron chi connectivity index (χ2n) is 12.2. The minimum Gasteiger partial charge on any atom is -0.493 e. The molecule has 0 aromatic heterocycles. The molecule has 3 aliphatic rings. The maximum Gasteiger partial charge on any atom is 0.309 e. The minimum absolute atomic E-state index is 0.0634. The zero-order valence-corrected chi connectivity index (χ0v) is 25.8. The topological polar surface area (TPSA) is 78.9 Å². The Morgan fingerprint density at radius 1 is 0.953 bits per heavy atom. The lowest BCUT2D eigenvalue weighted by Crippen LogP contribution is -2.26. The van der Waals surface area contributed by atoms with E-state index in [-0.39, 0.29) is 47.1 Å². The fourth-order valence-electron chi connectivity index (χ4n) is 6.81. The van der Waals surface area contributed by atoms with Crippen LogP contribution in [0.25, 0.3) is 11.1 Å². The molecule has 1 aliphatic heterocycles. The van der Waals surface area contributed by atoms with Crippen LogP contribution in [0.4, 0.5) is 4.39 Å². The lowest BCUT2D eigenvalue weighted by atomic mass is 9.90. The standard InChI is InChI=1S/C35H39FO6S/c1-4-40-35(37)30-19-29(30)24-5-7-25(8-6-24)42-32-12-10-28-27(9-11-31(36)34(28)32)33-21(2)17-26(18-22(33)3)41-20-23-13-15-43(38,39)16-14-23/h5-9,11,17-18,23,29-30,32H,4,10,12-16,19-20H2,1-3H3/t29-,30+,32-/m1/s1. The predicted octanol–water partition coefficient (Wildman–Crippen LogP) is 7.05. The molecule has 3 atom stereocenters. The van der Waals surface area contributed by atoms with Crippen molar-refractivity contribution in [1.29, 1.82) is 0 Å². The van der Waals surface area contributed by atoms with Crippen molar-refractivity contribution in [1.82, 2.24) is 0 Å². The molecule has 6 nitrogen and oxygen atoms in total. The third kappa shape index (κ3) is 6.30. The first kappa shape index (κ1) is 29.7. The molecule has 0 bridgehead atoms. The van der Waals surface area contributed by atoms with Gasteiger partial charge in [0.1, 0.15) is 33.3 Å². The first-order valence-corrected chi connectivity index (χ1v) is 17.1. The van der Waals surface area contributed by atoms with E-state index < -0.39 is 9.84 Å². The zero-order valence-electron chi connectivity index (χ0n) is 25.0. The number of carbonyl (C=O) groups is 1. The van der Waals surface area contributed by atoms with Gasteiger partial charge in [-0.1, -0.05) is 18.2 Å². The van der Waals surface area contributed by atoms with Crippen LogP contribution in [-0.2, 0) is 25.8 Å². The van der Waals surface area contributed by atoms with Crippen molar-refractivity contribution in [2.24, 2.45) is 11.8 Å². The Kier molecular flexibility index (Phi) is 8.24. The molecular formula is C35H39FO6S. The summed E-state index contributed by atoms with van der Waals surface area (Å²) in [6.45, 7) is 6.82. The van der Waals surface area contributed by atoms with E-state index in [2.05, 4.69) is 13.8 Å². The maximum absolute atomic E-state index is 15.3. The summed E-state index contributed by atoms with van der Waals surface area (Å²) in [7, 11) is -2.89. The number of ether oxygens (including phenoxy) is 3. The van der Waals surface area contributed by atoms with E-state index in [0.717, 1.165) is 52.0 Å². The maximum atomic E-state index is 15.3. The third-order valence-corrected chi connectivity index (χ3v) is 10.9. The molecular weight excluding hydrogens is 567 g/mol. The van der Waals surface area contributed by atoms with E-state index in [0.29, 0.717) is 43.8 Å². The highest BCUT2D eigenvalue weighted by Gasteiger charge is 2.45. The van der Waals surface area contributed by atoms with Crippen molar-refractivity contribution in [2.45, 2.75) is 64.9 Å². The van der Waals surface area contributed by atoms with Gasteiger partial charge in [-0.15, -0.1) is 0 Å². The second kappa shape index (κ2) is 11.9. The van der Waals surface area contributed by atoms with Crippen LogP contribution in [0.3, 0.4) is 0 Å². The molecule has 1 saturated heterocycles. The molecule has 1 saturated carbocycles. The number of rotatable bonds is 9. The molecule has 228 valence electrons. The van der Waals surface area contributed by atoms with Crippen LogP contribution in [0.15, 0.2) is 48.5 Å². The Morgan fingerprint density at radius 3 is 2.33 bits per heavy atom. The van der Waals surface area contributed by atoms with Crippen LogP contribution in [0, 0.1) is 31.5 Å². The summed E-state index contributed by atoms with van der Waals surface area (Å²) in [6, 6.07) is 15.3. The Labute approximate surface area is 253 Å². The molecule has 0 radical (unpaired) electrons. The molecule has 0 unspecified atom stereocenters. The number of aryl methyl sites for hydroxylation is 2. The molecule has 2 aliphatic carbocycles. The third-order valence-electron chi connectivity index (χ3n) is 9.18. The van der Waals surface area contributed by atoms with Gasteiger partial charge in [-0.3, -0.25) is 4.79 Å². The summed E-state index contributed by atoms with van der Waals surface area (Å²) in [4.78, 5) is 12.0. The summed E-state index contributed by atoms with van der Waals surface area (Å²) in [5.41, 5.74) is 6.91. The smallest absolute Gasteiger partial charge is 0.309 e. The van der Waals surface area contributed by atoms with E-state index in [1.807, 2.05) is 49.4 Å². The molecule has 2 fully saturated rings. The first-order valence-electron chi connectivity index (χ1n) is 15.3. The number of carbonyl (C=O) groups excluding carboxylic acids is 1. The van der Waals surface area contributed by atoms with Crippen LogP contribution < -0.4 is 9.47 Å². The number of hydrogen-bond acceptors (Lipinski definition) is 6. The van der Waals surface area contributed by atoms with Crippen LogP contribution in [0.5, 0.6) is 11.5 Å². The van der Waals surface area contributed by atoms with Gasteiger partial charge in [0, 0.05) is 5.56 Å². The normalized spacial score (nSPS) is 22.6. The highest BCUT2D eigenvalue weighted by molar-refractivity contribution is 7.91. The van der Waals surface area contributed by atoms with E-state index in [4.69, 9.17) is 14.2 Å². The van der Waals surface area contributed by atoms with Crippen LogP contribution in [0.1, 0.15) is 72.4 Å². The number of esters is 1. The van der Waals surface area contributed by atoms with E-state index in [1.54, 1.807) is 6.07 Å². The van der Waals surface area contributed by atoms with Crippen molar-refractivity contribution in [3.8, 4) is 22.6 Å². The van der Waals surface area contributed by atoms with E-state index >= 15 is 4.39 Å². The molecule has 0 spiro atoms. The van der Waals surface area contributed by atoms with Gasteiger partial charge in [0.15, 0.2) is 0 Å². The number of halogens is 1. The molecule has 6 rings (SSSR count). The molecule has 3 aromatic rings. The van der Waals surface area contributed by atoms with Gasteiger partial charge >= 0.3 is 5.97 Å². The quantitative estimate of drug-likeness (QED) is 0.243. The number of fused-ring (bicyclic) bond motifs is 1. The minimum atomic E-state index is -2.89. The fourth-order valence-corrected chi connectivity index (χ4v) is 8.40. The van der Waals surface area contributed by atoms with Crippen LogP contribution in [0.2, 0.25) is 0 Å². The number of hydrogen-bond donors (Lipinski definition) is 0. The second-order valence-corrected chi connectivity index (χ2v) is 14.5. The van der Waals surface area contributed by atoms with Gasteiger partial charge in [-0.2, -0.15) is 0 Å². The summed E-state index contributed by atoms with van der Waals surface area (Å²) in [5.74, 6) is 1.92. The van der Waals surface area contributed by atoms with Gasteiger partial charge < -0.3 is 14.2 Å². The van der Waals surface area contributed by atoms with E-state index in [1.165, 1.54) is 0 Å². The Balaban J connectivity index is 1.16. The molecule has 0 amide bonds. The van der Waals surface area contributed by atoms with Gasteiger partial charge in [-0.05, 0) is 128 Å². The molecule has 3 aromatic carbocycles. The summed E-state index contributed by atoms with van der Waals surface area (Å²) >= 11 is 0. The summed E-state index contributed by atoms with van der Waals surface area (Å²) < 4.78 is 56.4. The number of benzene rings is 3. The van der Waals surface area contributed by atoms with Gasteiger partial charge in [0.2, 0.25) is 0 Å². The Morgan fingerprint density at radius 2 is 1.65 bits per heavy atom. The summed E-state index contributed by atoms with van der Waals surface area (Å²) in [6.07, 6.45) is 3.12. The van der Waals surface area contributed by atoms with Gasteiger partial charge in [0.25, 0.3) is 0 Å². The predicted molar refractivity (Wildman–Crippen MR) is 164 cm³/mol. The van der Waals surface area contributed by atoms with Crippen molar-refractivity contribution in [3.63, 3.8) is 0 Å². The largest absolute Gasteiger partial charge is 0.493 e. The molecule has 43 heavy (non-hydrogen) atoms. The van der Waals surface area contributed by atoms with Crippen molar-refractivity contribution in [3.05, 3.63) is 82.2 Å². The van der Waals surface area contributed by atoms with Gasteiger partial charge in [-0.25, -0.2) is 12.8 Å². The van der Waals surface area contributed by atoms with Gasteiger partial charge in [0.05, 0.1) is 30.6 Å². The van der Waals surface area contributed by atoms with Crippen LogP contribution >= 0.6 is 0 Å². The lowest BCUT2D eigenvalue weighted by molar-refractivity contribution is -0.144. The SMILES string of the molecule is CCOC(=O)[C@H]1C[C@@H]1c1ccc(O[C@@H]2CCc3c(-c4c(C)cc(OCC5CCS(=O)(=O)CC5)cc4C)ccc(F)c32)cc1. The average Bonchev–Trinajstić information content (AvgIpc) is 3.67. The monoisotopic (exact) mass is 606 g/mol. The Hall–Kier alpha value is -3.39. The highest BCUT2D eigenvalue weighted by atomic mass is 32.2. The average molecular weight is 607 g/mol. The van der Waals surface area contributed by atoms with Crippen molar-refractivity contribution < 1.29 is 31.8 Å². The fraction of sp³-hybridized carbons (Fsp3) is 0.457. The Bertz CT molecular complexity index is 1590. The zero-order chi connectivity index (χ0) is 30.3. The van der Waals surface area contributed by atoms with E-state index in [9.17, 15) is 13.2 Å². The molecule has 0 N–H and O–H groups in total. The molecule has 1 heterocycles. The van der Waals surface area contributed by atoms with Crippen molar-refractivity contribution >= 4 is 15.8 Å². The molecule has 8 heteroatoms.